The van der Waals surface area contributed by atoms with E-state index in [2.05, 4.69) is 4.18 Å². The summed E-state index contributed by atoms with van der Waals surface area (Å²) < 4.78 is 22.1. The fourth-order valence-electron chi connectivity index (χ4n) is 0. The predicted octanol–water partition coefficient (Wildman–Crippen LogP) is -1.76. The van der Waals surface area contributed by atoms with Crippen molar-refractivity contribution < 1.29 is 12.6 Å². The summed E-state index contributed by atoms with van der Waals surface area (Å²) in [5.41, 5.74) is 0. The Morgan fingerprint density at radius 1 is 1.50 bits per heavy atom. The zero-order valence-electron chi connectivity index (χ0n) is 2.67. The molecule has 0 radical (unpaired) electrons. The van der Waals surface area contributed by atoms with Crippen LogP contribution in [-0.2, 0) is 15.2 Å². The van der Waals surface area contributed by atoms with Gasteiger partial charge in [0.25, 0.3) is 11.0 Å². The van der Waals surface area contributed by atoms with Crippen LogP contribution in [0.15, 0.2) is 0 Å². The van der Waals surface area contributed by atoms with E-state index >= 15 is 0 Å². The van der Waals surface area contributed by atoms with Gasteiger partial charge in [0, 0.05) is 0 Å². The van der Waals surface area contributed by atoms with Crippen molar-refractivity contribution in [2.75, 3.05) is 7.11 Å². The van der Waals surface area contributed by atoms with Gasteiger partial charge in [0.05, 0.1) is 7.11 Å². The average molecular weight is 122 g/mol. The fraction of sp³-hybridized carbons (Fsp3) is 1.00. The summed E-state index contributed by atoms with van der Waals surface area (Å²) in [6.45, 7) is 0. The lowest BCUT2D eigenvalue weighted by atomic mass is 11.8. The van der Waals surface area contributed by atoms with E-state index in [-0.39, 0.29) is 23.1 Å². The van der Waals surface area contributed by atoms with E-state index in [1.165, 1.54) is 0 Å². The molecule has 0 aliphatic carbocycles. The molecule has 0 aliphatic rings. The lowest BCUT2D eigenvalue weighted by Crippen LogP contribution is -1.72. The summed E-state index contributed by atoms with van der Waals surface area (Å²) in [5, 5.41) is 0. The van der Waals surface area contributed by atoms with Crippen molar-refractivity contribution in [3.05, 3.63) is 0 Å². The van der Waals surface area contributed by atoms with Crippen LogP contribution in [0.1, 0.15) is 0 Å². The van der Waals surface area contributed by atoms with Gasteiger partial charge in [-0.3, -0.25) is 4.18 Å². The molecule has 0 saturated carbocycles. The molecule has 0 heterocycles. The molecule has 0 atom stereocenters. The lowest BCUT2D eigenvalue weighted by Gasteiger charge is -1.66. The third-order valence-corrected chi connectivity index (χ3v) is 0.447. The maximum atomic E-state index is 9.18. The molecule has 0 unspecified atom stereocenters. The van der Waals surface area contributed by atoms with Crippen molar-refractivity contribution >= 4 is 34.0 Å². The van der Waals surface area contributed by atoms with Crippen LogP contribution in [0.25, 0.3) is 0 Å². The van der Waals surface area contributed by atoms with Crippen LogP contribution >= 0.6 is 0 Å². The second-order valence-corrected chi connectivity index (χ2v) is 1.22. The molecule has 0 amide bonds. The molecule has 0 spiro atoms. The first kappa shape index (κ1) is 9.84. The minimum Gasteiger partial charge on any atom is -0.276 e. The molecule has 0 N–H and O–H groups in total. The summed E-state index contributed by atoms with van der Waals surface area (Å²) >= 11 is 0. The largest absolute Gasteiger partial charge is 0.316 e. The topological polar surface area (TPSA) is 43.4 Å². The van der Waals surface area contributed by atoms with Gasteiger partial charge < -0.3 is 0 Å². The van der Waals surface area contributed by atoms with Gasteiger partial charge in [-0.1, -0.05) is 0 Å². The van der Waals surface area contributed by atoms with Gasteiger partial charge in [-0.25, -0.2) is 8.42 Å². The molecular formula is CH6MgO3S. The zero-order chi connectivity index (χ0) is 4.28. The number of hydrogen-bond donors (Lipinski definition) is 1. The molecule has 0 aromatic heterocycles. The Morgan fingerprint density at radius 2 is 1.67 bits per heavy atom. The second-order valence-electron chi connectivity index (χ2n) is 0.406. The molecule has 0 bridgehead atoms. The number of thiol groups is 1. The molecule has 0 rings (SSSR count). The molecule has 36 valence electrons. The van der Waals surface area contributed by atoms with E-state index in [0.29, 0.717) is 0 Å². The van der Waals surface area contributed by atoms with Crippen molar-refractivity contribution in [1.29, 1.82) is 0 Å². The van der Waals surface area contributed by atoms with E-state index in [4.69, 9.17) is 0 Å². The highest BCUT2D eigenvalue weighted by Gasteiger charge is 1.61. The Labute approximate surface area is 54.0 Å². The normalized spacial score (nSPS) is 7.67. The van der Waals surface area contributed by atoms with Crippen LogP contribution in [0, 0.1) is 0 Å². The highest BCUT2D eigenvalue weighted by atomic mass is 32.2. The third kappa shape index (κ3) is 8.82. The van der Waals surface area contributed by atoms with Gasteiger partial charge in [-0.05, 0) is 0 Å². The molecule has 0 fully saturated rings. The Morgan fingerprint density at radius 3 is 1.67 bits per heavy atom. The van der Waals surface area contributed by atoms with E-state index < -0.39 is 11.0 Å². The van der Waals surface area contributed by atoms with Gasteiger partial charge in [0.2, 0.25) is 0 Å². The van der Waals surface area contributed by atoms with Crippen LogP contribution in [0.4, 0.5) is 0 Å². The van der Waals surface area contributed by atoms with E-state index in [9.17, 15) is 8.42 Å². The molecule has 6 heavy (non-hydrogen) atoms. The Bertz CT molecular complexity index is 68.9. The van der Waals surface area contributed by atoms with Crippen molar-refractivity contribution in [2.45, 2.75) is 0 Å². The smallest absolute Gasteiger partial charge is 0.276 e. The summed E-state index contributed by atoms with van der Waals surface area (Å²) in [6.07, 6.45) is 0. The molecule has 5 heteroatoms. The first-order chi connectivity index (χ1) is 2.27. The van der Waals surface area contributed by atoms with Crippen LogP contribution in [0.2, 0.25) is 0 Å². The highest BCUT2D eigenvalue weighted by Crippen LogP contribution is 1.52. The van der Waals surface area contributed by atoms with E-state index in [1.807, 2.05) is 0 Å². The Kier molecular flexibility index (Phi) is 9.31. The predicted molar refractivity (Wildman–Crippen MR) is 25.9 cm³/mol. The first-order valence-electron chi connectivity index (χ1n) is 0.956. The lowest BCUT2D eigenvalue weighted by molar-refractivity contribution is 0.418. The van der Waals surface area contributed by atoms with Crippen molar-refractivity contribution in [1.82, 2.24) is 0 Å². The van der Waals surface area contributed by atoms with Gasteiger partial charge >= 0.3 is 23.1 Å². The van der Waals surface area contributed by atoms with Crippen molar-refractivity contribution in [3.63, 3.8) is 0 Å². The average Bonchev–Trinajstić information content (AvgIpc) is 1.38. The van der Waals surface area contributed by atoms with Gasteiger partial charge in [0.15, 0.2) is 0 Å². The molecular weight excluding hydrogens is 116 g/mol. The van der Waals surface area contributed by atoms with Gasteiger partial charge in [0.1, 0.15) is 0 Å². The highest BCUT2D eigenvalue weighted by molar-refractivity contribution is 7.67. The van der Waals surface area contributed by atoms with E-state index in [0.717, 1.165) is 7.11 Å². The van der Waals surface area contributed by atoms with Gasteiger partial charge in [-0.2, -0.15) is 0 Å². The number of rotatable bonds is 1. The van der Waals surface area contributed by atoms with Gasteiger partial charge in [-0.15, -0.1) is 0 Å². The van der Waals surface area contributed by atoms with Crippen molar-refractivity contribution in [3.8, 4) is 0 Å². The monoisotopic (exact) mass is 122 g/mol. The fourth-order valence-corrected chi connectivity index (χ4v) is 0. The molecule has 0 aromatic rings. The Balaban J connectivity index is 0. The van der Waals surface area contributed by atoms with E-state index in [1.54, 1.807) is 0 Å². The minimum atomic E-state index is -2.60. The minimum absolute atomic E-state index is 0. The van der Waals surface area contributed by atoms with Crippen LogP contribution < -0.4 is 0 Å². The summed E-state index contributed by atoms with van der Waals surface area (Å²) in [6, 6.07) is 0. The maximum Gasteiger partial charge on any atom is 0.316 e. The summed E-state index contributed by atoms with van der Waals surface area (Å²) in [5.74, 6) is 0. The molecule has 0 aliphatic heterocycles. The third-order valence-electron chi connectivity index (χ3n) is 0.149. The number of hydrogen-bond acceptors (Lipinski definition) is 3. The zero-order valence-corrected chi connectivity index (χ0v) is 3.57. The molecule has 0 saturated heterocycles. The second kappa shape index (κ2) is 5.68. The quantitative estimate of drug-likeness (QED) is 0.331. The van der Waals surface area contributed by atoms with Crippen LogP contribution in [-0.4, -0.2) is 38.6 Å². The van der Waals surface area contributed by atoms with Crippen LogP contribution in [0.3, 0.4) is 0 Å². The van der Waals surface area contributed by atoms with Crippen LogP contribution in [0.5, 0.6) is 0 Å². The first-order valence-corrected chi connectivity index (χ1v) is 2.05. The maximum absolute atomic E-state index is 9.18. The summed E-state index contributed by atoms with van der Waals surface area (Å²) in [7, 11) is -1.50. The Hall–Kier alpha value is 0.676. The standard InChI is InChI=1S/CH4O3S.Mg.2H/c1-4-5(2)3;;;/h5H,1H3;;;. The summed E-state index contributed by atoms with van der Waals surface area (Å²) in [4.78, 5) is 0. The molecule has 3 nitrogen and oxygen atoms in total. The molecule has 0 aromatic carbocycles. The van der Waals surface area contributed by atoms with Crippen molar-refractivity contribution in [2.24, 2.45) is 0 Å². The SMILES string of the molecule is CO[SH](=O)=O.[MgH2].